The molecule has 0 spiro atoms. The summed E-state index contributed by atoms with van der Waals surface area (Å²) in [4.78, 5) is 24.2. The lowest BCUT2D eigenvalue weighted by Gasteiger charge is -2.17. The Morgan fingerprint density at radius 3 is 2.71 bits per heavy atom. The van der Waals surface area contributed by atoms with E-state index in [0.717, 1.165) is 11.1 Å². The van der Waals surface area contributed by atoms with Crippen molar-refractivity contribution in [3.63, 3.8) is 0 Å². The molecule has 108 valence electrons. The van der Waals surface area contributed by atoms with Gasteiger partial charge in [-0.15, -0.1) is 11.3 Å². The van der Waals surface area contributed by atoms with Crippen molar-refractivity contribution in [2.24, 2.45) is 5.73 Å². The minimum atomic E-state index is -0.608. The molecule has 1 aromatic carbocycles. The van der Waals surface area contributed by atoms with Crippen molar-refractivity contribution in [1.82, 2.24) is 0 Å². The van der Waals surface area contributed by atoms with Crippen molar-refractivity contribution in [3.8, 4) is 0 Å². The van der Waals surface area contributed by atoms with Crippen LogP contribution < -0.4 is 5.73 Å². The molecule has 2 unspecified atom stereocenters. The van der Waals surface area contributed by atoms with Gasteiger partial charge in [-0.25, -0.2) is 4.79 Å². The Kier molecular flexibility index (Phi) is 3.69. The maximum Gasteiger partial charge on any atom is 0.350 e. The highest BCUT2D eigenvalue weighted by molar-refractivity contribution is 7.12. The molecule has 0 saturated carbocycles. The van der Waals surface area contributed by atoms with Crippen LogP contribution in [-0.2, 0) is 16.0 Å². The van der Waals surface area contributed by atoms with Gasteiger partial charge in [0.1, 0.15) is 16.9 Å². The molecule has 3 rings (SSSR count). The number of nitrogens with two attached hydrogens (primary N) is 1. The first-order chi connectivity index (χ1) is 10.1. The van der Waals surface area contributed by atoms with E-state index in [1.807, 2.05) is 24.3 Å². The number of halogens is 1. The molecule has 0 bridgehead atoms. The summed E-state index contributed by atoms with van der Waals surface area (Å²) in [5.74, 6) is -1.61. The fourth-order valence-electron chi connectivity index (χ4n) is 2.63. The lowest BCUT2D eigenvalue weighted by Crippen LogP contribution is -2.32. The summed E-state index contributed by atoms with van der Waals surface area (Å²) in [6.45, 7) is 0. The summed E-state index contributed by atoms with van der Waals surface area (Å²) in [6.07, 6.45) is -0.0935. The van der Waals surface area contributed by atoms with E-state index in [4.69, 9.17) is 22.1 Å². The monoisotopic (exact) mass is 321 g/mol. The maximum absolute atomic E-state index is 12.2. The molecule has 2 N–H and O–H groups in total. The van der Waals surface area contributed by atoms with Crippen molar-refractivity contribution < 1.29 is 14.3 Å². The summed E-state index contributed by atoms with van der Waals surface area (Å²) in [5.41, 5.74) is 7.29. The zero-order chi connectivity index (χ0) is 15.0. The fraction of sp³-hybridized carbons (Fsp3) is 0.200. The number of thiophene rings is 1. The Bertz CT molecular complexity index is 712. The van der Waals surface area contributed by atoms with E-state index >= 15 is 0 Å². The first-order valence-corrected chi connectivity index (χ1v) is 7.65. The zero-order valence-electron chi connectivity index (χ0n) is 10.9. The SMILES string of the molecule is NC(=O)C1c2ccccc2CC1OC(=O)c1sccc1Cl. The molecule has 1 amide bonds. The van der Waals surface area contributed by atoms with Crippen molar-refractivity contribution in [2.75, 3.05) is 0 Å². The van der Waals surface area contributed by atoms with Crippen LogP contribution in [0.2, 0.25) is 5.02 Å². The maximum atomic E-state index is 12.2. The van der Waals surface area contributed by atoms with Crippen LogP contribution in [-0.4, -0.2) is 18.0 Å². The van der Waals surface area contributed by atoms with E-state index in [0.29, 0.717) is 16.3 Å². The van der Waals surface area contributed by atoms with Gasteiger partial charge in [0.2, 0.25) is 5.91 Å². The van der Waals surface area contributed by atoms with Crippen molar-refractivity contribution in [2.45, 2.75) is 18.4 Å². The third-order valence-electron chi connectivity index (χ3n) is 3.55. The number of fused-ring (bicyclic) bond motifs is 1. The van der Waals surface area contributed by atoms with E-state index in [-0.39, 0.29) is 0 Å². The average Bonchev–Trinajstić information content (AvgIpc) is 3.01. The van der Waals surface area contributed by atoms with Crippen molar-refractivity contribution in [3.05, 3.63) is 56.7 Å². The highest BCUT2D eigenvalue weighted by Crippen LogP contribution is 2.36. The second-order valence-electron chi connectivity index (χ2n) is 4.82. The number of hydrogen-bond acceptors (Lipinski definition) is 4. The standard InChI is InChI=1S/C15H12ClNO3S/c16-10-5-6-21-13(10)15(19)20-11-7-8-3-1-2-4-9(8)12(11)14(17)18/h1-6,11-12H,7H2,(H2,17,18). The molecule has 0 saturated heterocycles. The first-order valence-electron chi connectivity index (χ1n) is 6.39. The molecule has 2 aromatic rings. The number of ether oxygens (including phenoxy) is 1. The molecule has 21 heavy (non-hydrogen) atoms. The molecular weight excluding hydrogens is 310 g/mol. The number of hydrogen-bond donors (Lipinski definition) is 1. The fourth-order valence-corrected chi connectivity index (χ4v) is 3.65. The van der Waals surface area contributed by atoms with Crippen molar-refractivity contribution >= 4 is 34.8 Å². The normalized spacial score (nSPS) is 20.0. The molecule has 6 heteroatoms. The number of amides is 1. The van der Waals surface area contributed by atoms with Crippen LogP contribution in [0.1, 0.15) is 26.7 Å². The topological polar surface area (TPSA) is 69.4 Å². The molecule has 0 radical (unpaired) electrons. The van der Waals surface area contributed by atoms with Crippen molar-refractivity contribution in [1.29, 1.82) is 0 Å². The van der Waals surface area contributed by atoms with Gasteiger partial charge in [-0.05, 0) is 22.6 Å². The highest BCUT2D eigenvalue weighted by atomic mass is 35.5. The summed E-state index contributed by atoms with van der Waals surface area (Å²) in [6, 6.07) is 9.12. The highest BCUT2D eigenvalue weighted by Gasteiger charge is 2.39. The lowest BCUT2D eigenvalue weighted by atomic mass is 9.99. The second-order valence-corrected chi connectivity index (χ2v) is 6.15. The number of esters is 1. The minimum Gasteiger partial charge on any atom is -0.457 e. The lowest BCUT2D eigenvalue weighted by molar-refractivity contribution is -0.121. The molecule has 4 nitrogen and oxygen atoms in total. The molecule has 2 atom stereocenters. The van der Waals surface area contributed by atoms with Crippen LogP contribution in [0, 0.1) is 0 Å². The Morgan fingerprint density at radius 1 is 1.29 bits per heavy atom. The minimum absolute atomic E-state index is 0.343. The van der Waals surface area contributed by atoms with E-state index < -0.39 is 23.9 Å². The van der Waals surface area contributed by atoms with Crippen LogP contribution in [0.25, 0.3) is 0 Å². The first kappa shape index (κ1) is 14.1. The van der Waals surface area contributed by atoms with Gasteiger partial charge in [0.05, 0.1) is 5.02 Å². The third-order valence-corrected chi connectivity index (χ3v) is 4.87. The summed E-state index contributed by atoms with van der Waals surface area (Å²) in [7, 11) is 0. The van der Waals surface area contributed by atoms with Crippen LogP contribution in [0.15, 0.2) is 35.7 Å². The zero-order valence-corrected chi connectivity index (χ0v) is 12.5. The van der Waals surface area contributed by atoms with Gasteiger partial charge in [-0.3, -0.25) is 4.79 Å². The molecule has 1 aromatic heterocycles. The van der Waals surface area contributed by atoms with Crippen LogP contribution in [0.5, 0.6) is 0 Å². The Morgan fingerprint density at radius 2 is 2.05 bits per heavy atom. The van der Waals surface area contributed by atoms with Gasteiger partial charge in [-0.1, -0.05) is 35.9 Å². The number of primary amides is 1. The van der Waals surface area contributed by atoms with E-state index in [9.17, 15) is 9.59 Å². The summed E-state index contributed by atoms with van der Waals surface area (Å²) >= 11 is 7.14. The summed E-state index contributed by atoms with van der Waals surface area (Å²) in [5, 5.41) is 2.07. The van der Waals surface area contributed by atoms with E-state index in [2.05, 4.69) is 0 Å². The van der Waals surface area contributed by atoms with Gasteiger partial charge < -0.3 is 10.5 Å². The Hall–Kier alpha value is -1.85. The number of carbonyl (C=O) groups is 2. The third kappa shape index (κ3) is 2.54. The van der Waals surface area contributed by atoms with E-state index in [1.165, 1.54) is 11.3 Å². The van der Waals surface area contributed by atoms with Crippen LogP contribution >= 0.6 is 22.9 Å². The molecule has 0 aliphatic heterocycles. The molecular formula is C15H12ClNO3S. The average molecular weight is 322 g/mol. The second kappa shape index (κ2) is 5.50. The molecule has 1 aliphatic rings. The van der Waals surface area contributed by atoms with E-state index in [1.54, 1.807) is 11.4 Å². The Balaban J connectivity index is 1.85. The number of benzene rings is 1. The van der Waals surface area contributed by atoms with Crippen LogP contribution in [0.4, 0.5) is 0 Å². The number of carbonyl (C=O) groups excluding carboxylic acids is 2. The van der Waals surface area contributed by atoms with Gasteiger partial charge in [0.25, 0.3) is 0 Å². The quantitative estimate of drug-likeness (QED) is 0.884. The van der Waals surface area contributed by atoms with Gasteiger partial charge >= 0.3 is 5.97 Å². The Labute approximate surface area is 130 Å². The van der Waals surface area contributed by atoms with Gasteiger partial charge in [0, 0.05) is 6.42 Å². The summed E-state index contributed by atoms with van der Waals surface area (Å²) < 4.78 is 5.48. The molecule has 1 heterocycles. The predicted molar refractivity (Wildman–Crippen MR) is 80.6 cm³/mol. The smallest absolute Gasteiger partial charge is 0.350 e. The number of rotatable bonds is 3. The molecule has 0 fully saturated rings. The predicted octanol–water partition coefficient (Wildman–Crippen LogP) is 2.75. The molecule has 1 aliphatic carbocycles. The van der Waals surface area contributed by atoms with Crippen LogP contribution in [0.3, 0.4) is 0 Å². The van der Waals surface area contributed by atoms with Gasteiger partial charge in [0.15, 0.2) is 0 Å². The van der Waals surface area contributed by atoms with Gasteiger partial charge in [-0.2, -0.15) is 0 Å². The largest absolute Gasteiger partial charge is 0.457 e.